The van der Waals surface area contributed by atoms with E-state index in [0.29, 0.717) is 41.9 Å². The van der Waals surface area contributed by atoms with Crippen molar-refractivity contribution in [3.05, 3.63) is 87.1 Å². The molecule has 0 saturated carbocycles. The molecule has 1 N–H and O–H groups in total. The second-order valence-corrected chi connectivity index (χ2v) is 8.86. The molecule has 4 aromatic rings. The van der Waals surface area contributed by atoms with E-state index in [9.17, 15) is 22.8 Å². The van der Waals surface area contributed by atoms with Gasteiger partial charge in [0.2, 0.25) is 0 Å². The summed E-state index contributed by atoms with van der Waals surface area (Å²) in [5, 5.41) is 5.23. The van der Waals surface area contributed by atoms with Crippen molar-refractivity contribution >= 4 is 34.1 Å². The van der Waals surface area contributed by atoms with Crippen LogP contribution in [0, 0.1) is 0 Å². The van der Waals surface area contributed by atoms with E-state index in [1.54, 1.807) is 10.3 Å². The maximum atomic E-state index is 13.1. The largest absolute Gasteiger partial charge is 0.463 e. The average molecular weight is 485 g/mol. The first kappa shape index (κ1) is 22.1. The number of para-hydroxylation sites is 1. The number of rotatable bonds is 4. The molecule has 5 rings (SSSR count). The van der Waals surface area contributed by atoms with Crippen LogP contribution in [0.1, 0.15) is 42.4 Å². The number of nitrogens with one attached hydrogen (secondary N) is 1. The van der Waals surface area contributed by atoms with E-state index in [-0.39, 0.29) is 18.4 Å². The summed E-state index contributed by atoms with van der Waals surface area (Å²) in [7, 11) is 0. The summed E-state index contributed by atoms with van der Waals surface area (Å²) >= 11 is 1.41. The van der Waals surface area contributed by atoms with E-state index >= 15 is 0 Å². The molecule has 1 aliphatic heterocycles. The Hall–Kier alpha value is -3.66. The van der Waals surface area contributed by atoms with E-state index in [1.807, 2.05) is 24.3 Å². The third-order valence-corrected chi connectivity index (χ3v) is 6.79. The lowest BCUT2D eigenvalue weighted by Gasteiger charge is -2.27. The zero-order valence-corrected chi connectivity index (χ0v) is 18.5. The van der Waals surface area contributed by atoms with Gasteiger partial charge in [-0.3, -0.25) is 14.6 Å². The van der Waals surface area contributed by atoms with Crippen molar-refractivity contribution < 1.29 is 27.2 Å². The number of nitrogens with zero attached hydrogens (tertiary/aromatic N) is 2. The molecular formula is C24H18F3N3O3S. The molecule has 174 valence electrons. The van der Waals surface area contributed by atoms with Gasteiger partial charge in [0.1, 0.15) is 11.8 Å². The number of halogens is 3. The van der Waals surface area contributed by atoms with Crippen LogP contribution in [0.2, 0.25) is 0 Å². The molecular weight excluding hydrogens is 467 g/mol. The van der Waals surface area contributed by atoms with E-state index in [2.05, 4.69) is 10.3 Å². The third kappa shape index (κ3) is 4.16. The fourth-order valence-corrected chi connectivity index (χ4v) is 5.06. The molecule has 10 heteroatoms. The Kier molecular flexibility index (Phi) is 5.60. The molecule has 0 fully saturated rings. The Morgan fingerprint density at radius 3 is 2.74 bits per heavy atom. The van der Waals surface area contributed by atoms with Gasteiger partial charge in [-0.05, 0) is 30.2 Å². The van der Waals surface area contributed by atoms with Crippen LogP contribution in [0.15, 0.2) is 58.7 Å². The highest BCUT2D eigenvalue weighted by Gasteiger charge is 2.31. The van der Waals surface area contributed by atoms with Crippen molar-refractivity contribution in [3.8, 4) is 0 Å². The summed E-state index contributed by atoms with van der Waals surface area (Å²) in [4.78, 5) is 32.3. The van der Waals surface area contributed by atoms with Crippen LogP contribution in [-0.2, 0) is 25.7 Å². The van der Waals surface area contributed by atoms with Crippen molar-refractivity contribution in [1.29, 1.82) is 0 Å². The second-order valence-electron chi connectivity index (χ2n) is 7.89. The standard InChI is InChI=1S/C24H18F3N3O3S/c25-24(26,27)14-5-6-15(28-9-14)10-29-22(31)19-13-34-21-11-30(8-7-17(19)21)23(32)18-12-33-20-4-2-1-3-16(18)20/h1-6,9,12-13H,7-8,10-11H2,(H,29,31). The van der Waals surface area contributed by atoms with Crippen LogP contribution in [-0.4, -0.2) is 28.2 Å². The Labute approximate surface area is 196 Å². The fraction of sp³-hybridized carbons (Fsp3) is 0.208. The Bertz CT molecular complexity index is 1380. The molecule has 0 radical (unpaired) electrons. The van der Waals surface area contributed by atoms with Gasteiger partial charge in [-0.15, -0.1) is 11.3 Å². The fourth-order valence-electron chi connectivity index (χ4n) is 3.97. The molecule has 4 heterocycles. The summed E-state index contributed by atoms with van der Waals surface area (Å²) in [6.07, 6.45) is -1.69. The number of thiophene rings is 1. The average Bonchev–Trinajstić information content (AvgIpc) is 3.46. The number of carbonyl (C=O) groups is 2. The van der Waals surface area contributed by atoms with Gasteiger partial charge in [0, 0.05) is 28.4 Å². The molecule has 1 aliphatic rings. The lowest BCUT2D eigenvalue weighted by Crippen LogP contribution is -2.36. The first-order valence-corrected chi connectivity index (χ1v) is 11.3. The van der Waals surface area contributed by atoms with Crippen molar-refractivity contribution in [2.24, 2.45) is 0 Å². The second kappa shape index (κ2) is 8.60. The van der Waals surface area contributed by atoms with E-state index < -0.39 is 11.7 Å². The van der Waals surface area contributed by atoms with Crippen molar-refractivity contribution in [1.82, 2.24) is 15.2 Å². The zero-order chi connectivity index (χ0) is 23.9. The molecule has 0 aliphatic carbocycles. The number of pyridine rings is 1. The van der Waals surface area contributed by atoms with Gasteiger partial charge in [0.05, 0.1) is 35.5 Å². The van der Waals surface area contributed by atoms with Gasteiger partial charge in [-0.2, -0.15) is 13.2 Å². The summed E-state index contributed by atoms with van der Waals surface area (Å²) in [6.45, 7) is 0.870. The van der Waals surface area contributed by atoms with Gasteiger partial charge >= 0.3 is 6.18 Å². The number of hydrogen-bond donors (Lipinski definition) is 1. The molecule has 0 bridgehead atoms. The number of amides is 2. The number of furan rings is 1. The highest BCUT2D eigenvalue weighted by Crippen LogP contribution is 2.31. The number of aromatic nitrogens is 1. The predicted molar refractivity (Wildman–Crippen MR) is 119 cm³/mol. The Balaban J connectivity index is 1.25. The molecule has 2 amide bonds. The topological polar surface area (TPSA) is 75.4 Å². The van der Waals surface area contributed by atoms with Crippen LogP contribution in [0.5, 0.6) is 0 Å². The highest BCUT2D eigenvalue weighted by molar-refractivity contribution is 7.10. The minimum atomic E-state index is -4.45. The number of fused-ring (bicyclic) bond motifs is 2. The van der Waals surface area contributed by atoms with E-state index in [1.165, 1.54) is 23.7 Å². The number of alkyl halides is 3. The van der Waals surface area contributed by atoms with Crippen molar-refractivity contribution in [3.63, 3.8) is 0 Å². The third-order valence-electron chi connectivity index (χ3n) is 5.77. The molecule has 34 heavy (non-hydrogen) atoms. The van der Waals surface area contributed by atoms with Crippen LogP contribution < -0.4 is 5.32 Å². The molecule has 3 aromatic heterocycles. The number of carbonyl (C=O) groups excluding carboxylic acids is 2. The SMILES string of the molecule is O=C(NCc1ccc(C(F)(F)F)cn1)c1csc2c1CCN(C(=O)c1coc3ccccc13)C2. The normalized spacial score (nSPS) is 13.7. The van der Waals surface area contributed by atoms with Gasteiger partial charge < -0.3 is 14.6 Å². The summed E-state index contributed by atoms with van der Waals surface area (Å²) < 4.78 is 43.5. The maximum Gasteiger partial charge on any atom is 0.417 e. The first-order chi connectivity index (χ1) is 16.3. The van der Waals surface area contributed by atoms with E-state index in [4.69, 9.17) is 4.42 Å². The van der Waals surface area contributed by atoms with Crippen molar-refractivity contribution in [2.75, 3.05) is 6.54 Å². The quantitative estimate of drug-likeness (QED) is 0.440. The zero-order valence-electron chi connectivity index (χ0n) is 17.7. The van der Waals surface area contributed by atoms with Gasteiger partial charge in [-0.25, -0.2) is 0 Å². The molecule has 0 saturated heterocycles. The first-order valence-electron chi connectivity index (χ1n) is 10.5. The van der Waals surface area contributed by atoms with Crippen LogP contribution >= 0.6 is 11.3 Å². The lowest BCUT2D eigenvalue weighted by atomic mass is 10.0. The smallest absolute Gasteiger partial charge is 0.417 e. The van der Waals surface area contributed by atoms with Gasteiger partial charge in [-0.1, -0.05) is 18.2 Å². The minimum absolute atomic E-state index is 0.0137. The highest BCUT2D eigenvalue weighted by atomic mass is 32.1. The molecule has 0 spiro atoms. The summed E-state index contributed by atoms with van der Waals surface area (Å²) in [5.74, 6) is -0.441. The maximum absolute atomic E-state index is 13.1. The van der Waals surface area contributed by atoms with E-state index in [0.717, 1.165) is 28.1 Å². The number of hydrogen-bond acceptors (Lipinski definition) is 5. The molecule has 0 atom stereocenters. The Morgan fingerprint density at radius 1 is 1.15 bits per heavy atom. The van der Waals surface area contributed by atoms with Crippen LogP contribution in [0.4, 0.5) is 13.2 Å². The lowest BCUT2D eigenvalue weighted by molar-refractivity contribution is -0.137. The summed E-state index contributed by atoms with van der Waals surface area (Å²) in [5.41, 5.74) is 2.07. The number of benzene rings is 1. The minimum Gasteiger partial charge on any atom is -0.463 e. The molecule has 6 nitrogen and oxygen atoms in total. The summed E-state index contributed by atoms with van der Waals surface area (Å²) in [6, 6.07) is 9.54. The Morgan fingerprint density at radius 2 is 1.97 bits per heavy atom. The van der Waals surface area contributed by atoms with Gasteiger partial charge in [0.25, 0.3) is 11.8 Å². The molecule has 0 unspecified atom stereocenters. The van der Waals surface area contributed by atoms with Crippen LogP contribution in [0.3, 0.4) is 0 Å². The monoisotopic (exact) mass is 485 g/mol. The van der Waals surface area contributed by atoms with Crippen molar-refractivity contribution in [2.45, 2.75) is 25.7 Å². The van der Waals surface area contributed by atoms with Gasteiger partial charge in [0.15, 0.2) is 0 Å². The molecule has 1 aromatic carbocycles. The van der Waals surface area contributed by atoms with Crippen LogP contribution in [0.25, 0.3) is 11.0 Å². The predicted octanol–water partition coefficient (Wildman–Crippen LogP) is 5.04.